The lowest BCUT2D eigenvalue weighted by Crippen LogP contribution is -2.34. The average molecular weight is 330 g/mol. The number of hydrogen-bond donors (Lipinski definition) is 1. The topological polar surface area (TPSA) is 38.3 Å². The number of aryl methyl sites for hydroxylation is 2. The molecule has 1 atom stereocenters. The van der Waals surface area contributed by atoms with Crippen LogP contribution in [0.3, 0.4) is 0 Å². The molecule has 4 heteroatoms. The maximum Gasteiger partial charge on any atom is 0.258 e. The quantitative estimate of drug-likeness (QED) is 0.912. The van der Waals surface area contributed by atoms with E-state index in [1.54, 1.807) is 12.1 Å². The predicted molar refractivity (Wildman–Crippen MR) is 91.9 cm³/mol. The number of carbonyl (C=O) groups is 1. The van der Waals surface area contributed by atoms with Crippen LogP contribution in [0.5, 0.6) is 5.75 Å². The minimum atomic E-state index is -0.0979. The molecular formula is C19H20ClNO2. The van der Waals surface area contributed by atoms with Crippen molar-refractivity contribution in [3.8, 4) is 5.75 Å². The molecule has 0 saturated carbocycles. The van der Waals surface area contributed by atoms with Gasteiger partial charge in [-0.3, -0.25) is 4.79 Å². The van der Waals surface area contributed by atoms with Crippen LogP contribution in [0, 0.1) is 6.92 Å². The third-order valence-corrected chi connectivity index (χ3v) is 4.63. The van der Waals surface area contributed by atoms with Crippen molar-refractivity contribution in [2.45, 2.75) is 32.2 Å². The van der Waals surface area contributed by atoms with E-state index in [0.717, 1.165) is 24.8 Å². The number of halogens is 1. The van der Waals surface area contributed by atoms with Crippen molar-refractivity contribution in [3.05, 3.63) is 64.2 Å². The van der Waals surface area contributed by atoms with Crippen molar-refractivity contribution < 1.29 is 9.53 Å². The largest absolute Gasteiger partial charge is 0.484 e. The summed E-state index contributed by atoms with van der Waals surface area (Å²) in [5, 5.41) is 3.78. The van der Waals surface area contributed by atoms with Gasteiger partial charge >= 0.3 is 0 Å². The van der Waals surface area contributed by atoms with Crippen LogP contribution < -0.4 is 10.1 Å². The Kier molecular flexibility index (Phi) is 4.87. The van der Waals surface area contributed by atoms with Crippen molar-refractivity contribution >= 4 is 17.5 Å². The van der Waals surface area contributed by atoms with Gasteiger partial charge in [0.2, 0.25) is 0 Å². The average Bonchev–Trinajstić information content (AvgIpc) is 2.56. The zero-order valence-corrected chi connectivity index (χ0v) is 13.9. The lowest BCUT2D eigenvalue weighted by molar-refractivity contribution is -0.123. The maximum atomic E-state index is 12.2. The van der Waals surface area contributed by atoms with Gasteiger partial charge in [0.25, 0.3) is 5.91 Å². The van der Waals surface area contributed by atoms with Gasteiger partial charge in [0.05, 0.1) is 6.04 Å². The van der Waals surface area contributed by atoms with Crippen LogP contribution in [-0.2, 0) is 11.2 Å². The molecule has 1 aliphatic carbocycles. The smallest absolute Gasteiger partial charge is 0.258 e. The third-order valence-electron chi connectivity index (χ3n) is 4.20. The molecule has 0 radical (unpaired) electrons. The van der Waals surface area contributed by atoms with Gasteiger partial charge in [-0.1, -0.05) is 35.9 Å². The van der Waals surface area contributed by atoms with Gasteiger partial charge < -0.3 is 10.1 Å². The number of nitrogens with one attached hydrogen (secondary N) is 1. The highest BCUT2D eigenvalue weighted by atomic mass is 35.5. The molecule has 0 aliphatic heterocycles. The molecule has 1 aliphatic rings. The lowest BCUT2D eigenvalue weighted by atomic mass is 9.88. The van der Waals surface area contributed by atoms with Crippen LogP contribution in [0.4, 0.5) is 0 Å². The second-order valence-corrected chi connectivity index (χ2v) is 6.32. The first-order valence-corrected chi connectivity index (χ1v) is 8.27. The van der Waals surface area contributed by atoms with Gasteiger partial charge in [-0.2, -0.15) is 0 Å². The van der Waals surface area contributed by atoms with E-state index in [0.29, 0.717) is 10.8 Å². The lowest BCUT2D eigenvalue weighted by Gasteiger charge is -2.26. The number of amides is 1. The number of ether oxygens (including phenoxy) is 1. The van der Waals surface area contributed by atoms with Crippen molar-refractivity contribution in [2.75, 3.05) is 6.61 Å². The zero-order valence-electron chi connectivity index (χ0n) is 13.1. The molecule has 2 aromatic carbocycles. The standard InChI is InChI=1S/C19H20ClNO2/c1-13-11-15(9-10-17(13)20)23-12-19(22)21-18-8-4-6-14-5-2-3-7-16(14)18/h2-3,5,7,9-11,18H,4,6,8,12H2,1H3,(H,21,22)/t18-/m0/s1. The fraction of sp³-hybridized carbons (Fsp3) is 0.316. The van der Waals surface area contributed by atoms with Gasteiger partial charge in [0.15, 0.2) is 6.61 Å². The molecule has 23 heavy (non-hydrogen) atoms. The van der Waals surface area contributed by atoms with Crippen molar-refractivity contribution in [3.63, 3.8) is 0 Å². The number of hydrogen-bond acceptors (Lipinski definition) is 2. The van der Waals surface area contributed by atoms with Crippen LogP contribution in [0.1, 0.15) is 35.6 Å². The molecule has 0 unspecified atom stereocenters. The third kappa shape index (κ3) is 3.85. The molecule has 2 aromatic rings. The molecule has 0 bridgehead atoms. The van der Waals surface area contributed by atoms with E-state index in [-0.39, 0.29) is 18.6 Å². The Hall–Kier alpha value is -2.00. The van der Waals surface area contributed by atoms with E-state index in [9.17, 15) is 4.79 Å². The molecule has 3 rings (SSSR count). The molecule has 120 valence electrons. The van der Waals surface area contributed by atoms with Gasteiger partial charge in [0.1, 0.15) is 5.75 Å². The monoisotopic (exact) mass is 329 g/mol. The summed E-state index contributed by atoms with van der Waals surface area (Å²) in [4.78, 5) is 12.2. The first kappa shape index (κ1) is 15.9. The molecule has 1 amide bonds. The minimum Gasteiger partial charge on any atom is -0.484 e. The Balaban J connectivity index is 1.59. The number of rotatable bonds is 4. The van der Waals surface area contributed by atoms with E-state index in [2.05, 4.69) is 23.5 Å². The fourth-order valence-corrected chi connectivity index (χ4v) is 3.11. The van der Waals surface area contributed by atoms with E-state index >= 15 is 0 Å². The van der Waals surface area contributed by atoms with E-state index in [1.807, 2.05) is 19.1 Å². The molecule has 3 nitrogen and oxygen atoms in total. The predicted octanol–water partition coefficient (Wildman–Crippen LogP) is 4.22. The van der Waals surface area contributed by atoms with E-state index in [1.165, 1.54) is 11.1 Å². The van der Waals surface area contributed by atoms with Crippen LogP contribution in [-0.4, -0.2) is 12.5 Å². The second kappa shape index (κ2) is 7.05. The SMILES string of the molecule is Cc1cc(OCC(=O)N[C@H]2CCCc3ccccc32)ccc1Cl. The van der Waals surface area contributed by atoms with Gasteiger partial charge in [-0.15, -0.1) is 0 Å². The van der Waals surface area contributed by atoms with Crippen LogP contribution in [0.15, 0.2) is 42.5 Å². The van der Waals surface area contributed by atoms with Crippen molar-refractivity contribution in [2.24, 2.45) is 0 Å². The molecule has 1 N–H and O–H groups in total. The summed E-state index contributed by atoms with van der Waals surface area (Å²) in [5.41, 5.74) is 3.50. The van der Waals surface area contributed by atoms with Crippen LogP contribution >= 0.6 is 11.6 Å². The molecular weight excluding hydrogens is 310 g/mol. The Bertz CT molecular complexity index is 714. The van der Waals surface area contributed by atoms with E-state index in [4.69, 9.17) is 16.3 Å². The first-order valence-electron chi connectivity index (χ1n) is 7.89. The summed E-state index contributed by atoms with van der Waals surface area (Å²) < 4.78 is 5.56. The molecule has 0 saturated heterocycles. The Morgan fingerprint density at radius 1 is 1.30 bits per heavy atom. The van der Waals surface area contributed by atoms with Crippen molar-refractivity contribution in [1.29, 1.82) is 0 Å². The second-order valence-electron chi connectivity index (χ2n) is 5.91. The Morgan fingerprint density at radius 3 is 2.96 bits per heavy atom. The number of benzene rings is 2. The van der Waals surface area contributed by atoms with E-state index < -0.39 is 0 Å². The van der Waals surface area contributed by atoms with Crippen molar-refractivity contribution in [1.82, 2.24) is 5.32 Å². The zero-order chi connectivity index (χ0) is 16.2. The molecule has 0 spiro atoms. The highest BCUT2D eigenvalue weighted by Gasteiger charge is 2.21. The van der Waals surface area contributed by atoms with Gasteiger partial charge in [0, 0.05) is 5.02 Å². The first-order chi connectivity index (χ1) is 11.1. The highest BCUT2D eigenvalue weighted by molar-refractivity contribution is 6.31. The molecule has 0 heterocycles. The number of fused-ring (bicyclic) bond motifs is 1. The van der Waals surface area contributed by atoms with Gasteiger partial charge in [-0.05, 0) is 61.1 Å². The highest BCUT2D eigenvalue weighted by Crippen LogP contribution is 2.29. The molecule has 0 aromatic heterocycles. The van der Waals surface area contributed by atoms with Crippen LogP contribution in [0.2, 0.25) is 5.02 Å². The minimum absolute atomic E-state index is 0.0136. The summed E-state index contributed by atoms with van der Waals surface area (Å²) in [7, 11) is 0. The Morgan fingerprint density at radius 2 is 2.13 bits per heavy atom. The summed E-state index contributed by atoms with van der Waals surface area (Å²) in [5.74, 6) is 0.561. The summed E-state index contributed by atoms with van der Waals surface area (Å²) in [6.07, 6.45) is 3.16. The maximum absolute atomic E-state index is 12.2. The number of carbonyl (C=O) groups excluding carboxylic acids is 1. The van der Waals surface area contributed by atoms with Gasteiger partial charge in [-0.25, -0.2) is 0 Å². The molecule has 0 fully saturated rings. The summed E-state index contributed by atoms with van der Waals surface area (Å²) in [6.45, 7) is 1.92. The fourth-order valence-electron chi connectivity index (χ4n) is 3.00. The normalized spacial score (nSPS) is 16.5. The summed E-state index contributed by atoms with van der Waals surface area (Å²) >= 11 is 5.99. The Labute approximate surface area is 141 Å². The van der Waals surface area contributed by atoms with Crippen LogP contribution in [0.25, 0.3) is 0 Å². The summed E-state index contributed by atoms with van der Waals surface area (Å²) in [6, 6.07) is 13.8.